The fraction of sp³-hybridized carbons (Fsp3) is 0.773. The largest absolute Gasteiger partial charge is 0.300 e. The molecular weight excluding hydrogens is 308 g/mol. The third-order valence-corrected chi connectivity index (χ3v) is 2.58. The van der Waals surface area contributed by atoms with Crippen LogP contribution in [0.15, 0.2) is 12.3 Å². The fourth-order valence-corrected chi connectivity index (χ4v) is 1.50. The highest BCUT2D eigenvalue weighted by Crippen LogP contribution is 2.06. The zero-order chi connectivity index (χ0) is 20.7. The molecule has 1 aromatic heterocycles. The molecule has 0 bridgehead atoms. The molecule has 0 unspecified atom stereocenters. The summed E-state index contributed by atoms with van der Waals surface area (Å²) < 4.78 is 0. The lowest BCUT2D eigenvalue weighted by Gasteiger charge is -2.00. The van der Waals surface area contributed by atoms with Crippen LogP contribution in [0.4, 0.5) is 0 Å². The second kappa shape index (κ2) is 27.6. The van der Waals surface area contributed by atoms with E-state index in [-0.39, 0.29) is 5.78 Å². The quantitative estimate of drug-likeness (QED) is 0.524. The number of hydrogen-bond donors (Lipinski definition) is 0. The van der Waals surface area contributed by atoms with Gasteiger partial charge in [0, 0.05) is 11.9 Å². The van der Waals surface area contributed by atoms with Crippen LogP contribution in [0.25, 0.3) is 0 Å². The minimum absolute atomic E-state index is 0.167. The number of rotatable bonds is 5. The number of nitrogens with zero attached hydrogens (tertiary/aromatic N) is 2. The van der Waals surface area contributed by atoms with Gasteiger partial charge in [-0.2, -0.15) is 0 Å². The van der Waals surface area contributed by atoms with E-state index in [4.69, 9.17) is 0 Å². The second-order valence-corrected chi connectivity index (χ2v) is 5.75. The summed E-state index contributed by atoms with van der Waals surface area (Å²) in [5.41, 5.74) is 1.11. The molecule has 0 aliphatic rings. The summed E-state index contributed by atoms with van der Waals surface area (Å²) in [7, 11) is 0. The Morgan fingerprint density at radius 2 is 1.52 bits per heavy atom. The minimum Gasteiger partial charge on any atom is -0.300 e. The van der Waals surface area contributed by atoms with E-state index in [1.807, 2.05) is 40.7 Å². The van der Waals surface area contributed by atoms with E-state index in [1.165, 1.54) is 39.5 Å². The molecule has 0 amide bonds. The van der Waals surface area contributed by atoms with Crippen molar-refractivity contribution in [3.05, 3.63) is 23.8 Å². The highest BCUT2D eigenvalue weighted by molar-refractivity contribution is 5.72. The molecule has 0 saturated carbocycles. The van der Waals surface area contributed by atoms with Crippen LogP contribution in [0.5, 0.6) is 0 Å². The summed E-state index contributed by atoms with van der Waals surface area (Å²) in [5.74, 6) is 1.93. The number of Topliss-reactive ketones (excluding diaryl/α,β-unsaturated/α-hetero) is 1. The number of ketones is 1. The van der Waals surface area contributed by atoms with Crippen molar-refractivity contribution in [2.45, 2.75) is 108 Å². The Labute approximate surface area is 159 Å². The van der Waals surface area contributed by atoms with E-state index in [2.05, 4.69) is 37.7 Å². The lowest BCUT2D eigenvalue weighted by atomic mass is 10.1. The number of carbonyl (C=O) groups excluding carboxylic acids is 1. The van der Waals surface area contributed by atoms with Crippen molar-refractivity contribution in [2.75, 3.05) is 0 Å². The van der Waals surface area contributed by atoms with Gasteiger partial charge in [0.1, 0.15) is 11.6 Å². The molecule has 0 aliphatic heterocycles. The molecule has 3 nitrogen and oxygen atoms in total. The van der Waals surface area contributed by atoms with Crippen LogP contribution < -0.4 is 0 Å². The molecule has 0 radical (unpaired) electrons. The van der Waals surface area contributed by atoms with Crippen LogP contribution in [0, 0.1) is 12.8 Å². The smallest absolute Gasteiger partial charge is 0.126 e. The van der Waals surface area contributed by atoms with Gasteiger partial charge in [-0.3, -0.25) is 0 Å². The molecule has 0 atom stereocenters. The number of carbonyl (C=O) groups is 1. The molecule has 1 rings (SSSR count). The van der Waals surface area contributed by atoms with Crippen LogP contribution in [0.3, 0.4) is 0 Å². The maximum atomic E-state index is 9.44. The van der Waals surface area contributed by atoms with Gasteiger partial charge in [-0.15, -0.1) is 0 Å². The topological polar surface area (TPSA) is 42.9 Å². The zero-order valence-corrected chi connectivity index (χ0v) is 19.1. The van der Waals surface area contributed by atoms with Crippen molar-refractivity contribution in [3.63, 3.8) is 0 Å². The molecule has 150 valence electrons. The van der Waals surface area contributed by atoms with Gasteiger partial charge in [0.15, 0.2) is 0 Å². The van der Waals surface area contributed by atoms with Crippen LogP contribution >= 0.6 is 0 Å². The molecular formula is C22H46N2O. The maximum absolute atomic E-state index is 9.44. The average molecular weight is 355 g/mol. The molecule has 0 fully saturated rings. The Morgan fingerprint density at radius 3 is 1.80 bits per heavy atom. The summed E-state index contributed by atoms with van der Waals surface area (Å²) in [4.78, 5) is 17.6. The Hall–Kier alpha value is -1.25. The van der Waals surface area contributed by atoms with E-state index < -0.39 is 0 Å². The molecule has 0 saturated heterocycles. The highest BCUT2D eigenvalue weighted by atomic mass is 16.1. The first kappa shape index (κ1) is 31.5. The Kier molecular flexibility index (Phi) is 34.8. The molecule has 0 aromatic carbocycles. The first-order chi connectivity index (χ1) is 11.8. The average Bonchev–Trinajstić information content (AvgIpc) is 2.58. The lowest BCUT2D eigenvalue weighted by Crippen LogP contribution is -1.91. The van der Waals surface area contributed by atoms with E-state index in [0.29, 0.717) is 0 Å². The van der Waals surface area contributed by atoms with Crippen LogP contribution in [0.1, 0.15) is 106 Å². The number of hydrogen-bond acceptors (Lipinski definition) is 3. The van der Waals surface area contributed by atoms with Crippen molar-refractivity contribution in [3.8, 4) is 0 Å². The highest BCUT2D eigenvalue weighted by Gasteiger charge is 1.90. The van der Waals surface area contributed by atoms with E-state index >= 15 is 0 Å². The Morgan fingerprint density at radius 1 is 1.04 bits per heavy atom. The molecule has 0 spiro atoms. The van der Waals surface area contributed by atoms with Gasteiger partial charge in [0.05, 0.1) is 0 Å². The summed E-state index contributed by atoms with van der Waals surface area (Å²) in [6.45, 7) is 21.9. The van der Waals surface area contributed by atoms with Crippen molar-refractivity contribution >= 4 is 5.78 Å². The minimum atomic E-state index is 0.167. The van der Waals surface area contributed by atoms with Crippen molar-refractivity contribution in [1.82, 2.24) is 9.97 Å². The number of unbranched alkanes of at least 4 members (excludes halogenated alkanes) is 2. The van der Waals surface area contributed by atoms with Gasteiger partial charge in [-0.05, 0) is 39.2 Å². The molecule has 25 heavy (non-hydrogen) atoms. The summed E-state index contributed by atoms with van der Waals surface area (Å²) >= 11 is 0. The van der Waals surface area contributed by atoms with Gasteiger partial charge >= 0.3 is 0 Å². The standard InChI is InChI=1S/C8H18.C7H10N2.C3H6O.2C2H6/c1-4-5-6-7-8(2)3;1-3-7-4-5-8-6(2)9-7;1-3(2)4;2*1-2/h8H,4-7H2,1-3H3;4-5H,3H2,1-2H3;1-2H3;2*1-2H3. The molecule has 0 aliphatic carbocycles. The van der Waals surface area contributed by atoms with E-state index in [0.717, 1.165) is 23.9 Å². The predicted molar refractivity (Wildman–Crippen MR) is 114 cm³/mol. The van der Waals surface area contributed by atoms with E-state index in [1.54, 1.807) is 6.20 Å². The summed E-state index contributed by atoms with van der Waals surface area (Å²) in [6.07, 6.45) is 8.39. The van der Waals surface area contributed by atoms with Crippen molar-refractivity contribution in [1.29, 1.82) is 0 Å². The molecule has 1 heterocycles. The van der Waals surface area contributed by atoms with Gasteiger partial charge in [-0.25, -0.2) is 9.97 Å². The Balaban J connectivity index is -0.000000126. The first-order valence-electron chi connectivity index (χ1n) is 10.1. The van der Waals surface area contributed by atoms with E-state index in [9.17, 15) is 4.79 Å². The fourth-order valence-electron chi connectivity index (χ4n) is 1.50. The van der Waals surface area contributed by atoms with Gasteiger partial charge in [-0.1, -0.05) is 81.1 Å². The van der Waals surface area contributed by atoms with Gasteiger partial charge < -0.3 is 4.79 Å². The monoisotopic (exact) mass is 354 g/mol. The number of aromatic nitrogens is 2. The summed E-state index contributed by atoms with van der Waals surface area (Å²) in [5, 5.41) is 0. The molecule has 1 aromatic rings. The third-order valence-electron chi connectivity index (χ3n) is 2.58. The normalized spacial score (nSPS) is 8.32. The second-order valence-electron chi connectivity index (χ2n) is 5.75. The van der Waals surface area contributed by atoms with Crippen LogP contribution in [0.2, 0.25) is 0 Å². The van der Waals surface area contributed by atoms with Crippen molar-refractivity contribution in [2.24, 2.45) is 5.92 Å². The van der Waals surface area contributed by atoms with Gasteiger partial charge in [0.2, 0.25) is 0 Å². The first-order valence-corrected chi connectivity index (χ1v) is 10.1. The SMILES string of the molecule is CC.CC.CC(C)=O.CCCCCC(C)C.CCc1ccnc(C)n1. The van der Waals surface area contributed by atoms with Crippen LogP contribution in [-0.2, 0) is 11.2 Å². The maximum Gasteiger partial charge on any atom is 0.126 e. The number of aryl methyl sites for hydroxylation is 2. The molecule has 3 heteroatoms. The lowest BCUT2D eigenvalue weighted by molar-refractivity contribution is -0.114. The molecule has 0 N–H and O–H groups in total. The Bertz CT molecular complexity index is 359. The third kappa shape index (κ3) is 39.5. The van der Waals surface area contributed by atoms with Crippen molar-refractivity contribution < 1.29 is 4.79 Å². The summed E-state index contributed by atoms with van der Waals surface area (Å²) in [6, 6.07) is 1.94. The van der Waals surface area contributed by atoms with Crippen LogP contribution in [-0.4, -0.2) is 15.8 Å². The van der Waals surface area contributed by atoms with Gasteiger partial charge in [0.25, 0.3) is 0 Å². The zero-order valence-electron chi connectivity index (χ0n) is 19.1. The predicted octanol–water partition coefficient (Wildman–Crippen LogP) is 7.22.